The Morgan fingerprint density at radius 1 is 1.43 bits per heavy atom. The van der Waals surface area contributed by atoms with E-state index in [1.54, 1.807) is 0 Å². The molecule has 3 heterocycles. The molecule has 0 aliphatic carbocycles. The first-order valence-corrected chi connectivity index (χ1v) is 6.92. The summed E-state index contributed by atoms with van der Waals surface area (Å²) in [5, 5.41) is 0.623. The summed E-state index contributed by atoms with van der Waals surface area (Å²) in [5.41, 5.74) is -2.02. The average molecular weight is 341 g/mol. The van der Waals surface area contributed by atoms with Crippen molar-refractivity contribution in [2.24, 2.45) is 0 Å². The molecule has 0 aromatic heterocycles. The van der Waals surface area contributed by atoms with Crippen molar-refractivity contribution in [3.8, 4) is 0 Å². The predicted octanol–water partition coefficient (Wildman–Crippen LogP) is -0.0551. The third-order valence-corrected chi connectivity index (χ3v) is 4.25. The van der Waals surface area contributed by atoms with Crippen LogP contribution < -0.4 is 0 Å². The van der Waals surface area contributed by atoms with Crippen molar-refractivity contribution in [3.05, 3.63) is 0 Å². The van der Waals surface area contributed by atoms with Gasteiger partial charge in [0.25, 0.3) is 0 Å². The van der Waals surface area contributed by atoms with Gasteiger partial charge in [-0.05, 0) is 6.42 Å². The number of nitrogens with zero attached hydrogens (tertiary/aromatic N) is 2. The fourth-order valence-electron chi connectivity index (χ4n) is 2.57. The van der Waals surface area contributed by atoms with Gasteiger partial charge in [-0.3, -0.25) is 9.64 Å². The minimum absolute atomic E-state index is 0. The predicted molar refractivity (Wildman–Crippen MR) is 58.5 cm³/mol. The first-order chi connectivity index (χ1) is 9.12. The molecule has 3 rings (SSSR count). The Kier molecular flexibility index (Phi) is 4.28. The number of urea groups is 1. The molecule has 1 radical (unpaired) electrons. The smallest absolute Gasteiger partial charge is 0.289 e. The number of halogens is 3. The molecule has 0 saturated carbocycles. The maximum atomic E-state index is 12.2. The SMILES string of the molecule is O=C1N2OS(=O)(=O)O[C@]3(COC(F)(F)F)CC[C@@H]2CN13.[Na]. The number of piperidine rings is 1. The second-order valence-electron chi connectivity index (χ2n) is 4.66. The molecule has 2 amide bonds. The molecule has 0 aromatic rings. The molecule has 8 nitrogen and oxygen atoms in total. The van der Waals surface area contributed by atoms with Crippen molar-refractivity contribution in [1.82, 2.24) is 9.96 Å². The fourth-order valence-corrected chi connectivity index (χ4v) is 3.58. The quantitative estimate of drug-likeness (QED) is 0.655. The summed E-state index contributed by atoms with van der Waals surface area (Å²) in [7, 11) is -4.62. The molecule has 3 fully saturated rings. The number of hydrogen-bond donors (Lipinski definition) is 0. The molecule has 3 aliphatic heterocycles. The Hall–Kier alpha value is -0.110. The van der Waals surface area contributed by atoms with E-state index >= 15 is 0 Å². The Bertz CT molecular complexity index is 557. The van der Waals surface area contributed by atoms with Gasteiger partial charge in [-0.25, -0.2) is 8.98 Å². The van der Waals surface area contributed by atoms with E-state index in [1.807, 2.05) is 0 Å². The van der Waals surface area contributed by atoms with Crippen LogP contribution in [0, 0.1) is 0 Å². The average Bonchev–Trinajstić information content (AvgIpc) is 2.50. The summed E-state index contributed by atoms with van der Waals surface area (Å²) >= 11 is 0. The second kappa shape index (κ2) is 5.22. The van der Waals surface area contributed by atoms with Crippen molar-refractivity contribution in [2.45, 2.75) is 31.0 Å². The summed E-state index contributed by atoms with van der Waals surface area (Å²) < 4.78 is 72.4. The summed E-state index contributed by atoms with van der Waals surface area (Å²) in [6.07, 6.45) is -4.81. The zero-order chi connectivity index (χ0) is 14.8. The number of amides is 2. The van der Waals surface area contributed by atoms with Crippen LogP contribution in [0.1, 0.15) is 12.8 Å². The molecule has 2 atom stereocenters. The van der Waals surface area contributed by atoms with Gasteiger partial charge in [0.05, 0.1) is 6.04 Å². The maximum Gasteiger partial charge on any atom is 0.522 e. The first kappa shape index (κ1) is 17.2. The summed E-state index contributed by atoms with van der Waals surface area (Å²) in [6, 6.07) is -1.38. The van der Waals surface area contributed by atoms with Crippen molar-refractivity contribution in [1.29, 1.82) is 0 Å². The first-order valence-electron chi connectivity index (χ1n) is 5.59. The van der Waals surface area contributed by atoms with Gasteiger partial charge in [-0.1, -0.05) is 0 Å². The van der Waals surface area contributed by atoms with Gasteiger partial charge in [0.2, 0.25) is 0 Å². The molecule has 3 bridgehead atoms. The Morgan fingerprint density at radius 2 is 2.10 bits per heavy atom. The third kappa shape index (κ3) is 3.02. The van der Waals surface area contributed by atoms with Crippen molar-refractivity contribution in [2.75, 3.05) is 13.2 Å². The van der Waals surface area contributed by atoms with Crippen LogP contribution in [0.3, 0.4) is 0 Å². The van der Waals surface area contributed by atoms with E-state index in [0.717, 1.165) is 4.90 Å². The van der Waals surface area contributed by atoms with Gasteiger partial charge in [0, 0.05) is 42.5 Å². The van der Waals surface area contributed by atoms with Crippen LogP contribution >= 0.6 is 0 Å². The molecular weight excluding hydrogens is 332 g/mol. The third-order valence-electron chi connectivity index (χ3n) is 3.39. The Labute approximate surface area is 139 Å². The normalized spacial score (nSPS) is 33.9. The van der Waals surface area contributed by atoms with Crippen LogP contribution in [0.25, 0.3) is 0 Å². The van der Waals surface area contributed by atoms with Crippen LogP contribution in [0.15, 0.2) is 0 Å². The van der Waals surface area contributed by atoms with Crippen LogP contribution in [0.5, 0.6) is 0 Å². The standard InChI is InChI=1S/C8H9F3N2O6S.Na/c9-8(10,11)17-4-7-2-1-5-3-12(7)6(14)13(5)19-20(15,16)18-7;/h5H,1-4H2;/t5-,7+;/m1./s1. The monoisotopic (exact) mass is 341 g/mol. The van der Waals surface area contributed by atoms with Gasteiger partial charge in [0.15, 0.2) is 5.72 Å². The Morgan fingerprint density at radius 3 is 2.71 bits per heavy atom. The molecule has 0 aromatic carbocycles. The number of carbonyl (C=O) groups is 1. The van der Waals surface area contributed by atoms with Gasteiger partial charge in [0.1, 0.15) is 6.61 Å². The number of hydroxylamine groups is 2. The molecule has 0 N–H and O–H groups in total. The Balaban J connectivity index is 0.00000161. The number of rotatable bonds is 2. The van der Waals surface area contributed by atoms with Crippen LogP contribution in [-0.4, -0.2) is 85.3 Å². The van der Waals surface area contributed by atoms with E-state index in [1.165, 1.54) is 0 Å². The zero-order valence-corrected chi connectivity index (χ0v) is 13.6. The molecule has 3 aliphatic rings. The molecular formula is C8H9F3N2NaO6S. The van der Waals surface area contributed by atoms with Gasteiger partial charge in [-0.15, -0.1) is 17.5 Å². The van der Waals surface area contributed by atoms with Crippen LogP contribution in [-0.2, 0) is 23.6 Å². The van der Waals surface area contributed by atoms with E-state index in [4.69, 9.17) is 0 Å². The molecule has 0 spiro atoms. The summed E-state index contributed by atoms with van der Waals surface area (Å²) in [6.45, 7) is -1.11. The number of alkyl halides is 3. The molecule has 3 saturated heterocycles. The molecule has 21 heavy (non-hydrogen) atoms. The van der Waals surface area contributed by atoms with Gasteiger partial charge in [-0.2, -0.15) is 13.5 Å². The second-order valence-corrected chi connectivity index (χ2v) is 5.79. The van der Waals surface area contributed by atoms with Gasteiger partial charge < -0.3 is 0 Å². The zero-order valence-electron chi connectivity index (χ0n) is 10.8. The minimum Gasteiger partial charge on any atom is -0.289 e. The fraction of sp³-hybridized carbons (Fsp3) is 0.875. The van der Waals surface area contributed by atoms with E-state index in [-0.39, 0.29) is 48.9 Å². The van der Waals surface area contributed by atoms with Crippen molar-refractivity contribution < 1.29 is 39.6 Å². The number of carbonyl (C=O) groups excluding carboxylic acids is 1. The van der Waals surface area contributed by atoms with Gasteiger partial charge >= 0.3 is 22.8 Å². The van der Waals surface area contributed by atoms with Crippen LogP contribution in [0.4, 0.5) is 18.0 Å². The van der Waals surface area contributed by atoms with E-state index in [9.17, 15) is 26.4 Å². The maximum absolute atomic E-state index is 12.2. The minimum atomic E-state index is -4.96. The van der Waals surface area contributed by atoms with E-state index in [0.29, 0.717) is 5.06 Å². The number of hydrogen-bond acceptors (Lipinski definition) is 6. The summed E-state index contributed by atoms with van der Waals surface area (Å²) in [5.74, 6) is 0. The molecule has 115 valence electrons. The molecule has 13 heteroatoms. The van der Waals surface area contributed by atoms with Crippen molar-refractivity contribution in [3.63, 3.8) is 0 Å². The van der Waals surface area contributed by atoms with E-state index in [2.05, 4.69) is 13.2 Å². The van der Waals surface area contributed by atoms with E-state index < -0.39 is 41.2 Å². The number of ether oxygens (including phenoxy) is 1. The largest absolute Gasteiger partial charge is 0.522 e. The van der Waals surface area contributed by atoms with Crippen LogP contribution in [0.2, 0.25) is 0 Å². The topological polar surface area (TPSA) is 85.4 Å². The van der Waals surface area contributed by atoms with Crippen molar-refractivity contribution >= 4 is 46.0 Å². The summed E-state index contributed by atoms with van der Waals surface area (Å²) in [4.78, 5) is 12.8. The number of fused-ring (bicyclic) bond motifs is 3. The molecule has 0 unspecified atom stereocenters.